The van der Waals surface area contributed by atoms with E-state index in [-0.39, 0.29) is 11.2 Å². The lowest BCUT2D eigenvalue weighted by molar-refractivity contribution is -0.151. The molecule has 0 heterocycles. The maximum absolute atomic E-state index is 13.2. The summed E-state index contributed by atoms with van der Waals surface area (Å²) in [5.41, 5.74) is 0.359. The highest BCUT2D eigenvalue weighted by Crippen LogP contribution is 2.40. The van der Waals surface area contributed by atoms with Gasteiger partial charge in [-0.2, -0.15) is 13.2 Å². The van der Waals surface area contributed by atoms with Crippen LogP contribution >= 0.6 is 15.9 Å². The highest BCUT2D eigenvalue weighted by atomic mass is 79.9. The maximum Gasteiger partial charge on any atom is 0.395 e. The molecule has 1 aromatic rings. The van der Waals surface area contributed by atoms with E-state index in [1.54, 1.807) is 30.3 Å². The van der Waals surface area contributed by atoms with E-state index in [9.17, 15) is 13.2 Å². The number of rotatable bonds is 8. The van der Waals surface area contributed by atoms with Gasteiger partial charge in [-0.05, 0) is 18.4 Å². The molecule has 114 valence electrons. The topological polar surface area (TPSA) is 0 Å². The zero-order chi connectivity index (χ0) is 15.0. The Hall–Kier alpha value is -0.510. The Morgan fingerprint density at radius 2 is 1.70 bits per heavy atom. The molecule has 1 rings (SSSR count). The summed E-state index contributed by atoms with van der Waals surface area (Å²) in [5.74, 6) is -1.38. The molecule has 2 atom stereocenters. The first-order chi connectivity index (χ1) is 9.45. The van der Waals surface area contributed by atoms with Gasteiger partial charge < -0.3 is 0 Å². The van der Waals surface area contributed by atoms with Crippen LogP contribution in [0.4, 0.5) is 13.2 Å². The molecule has 4 heteroatoms. The molecule has 0 aliphatic carbocycles. The Bertz CT molecular complexity index is 362. The summed E-state index contributed by atoms with van der Waals surface area (Å²) in [7, 11) is 0. The summed E-state index contributed by atoms with van der Waals surface area (Å²) in [6.07, 6.45) is 1.11. The van der Waals surface area contributed by atoms with E-state index in [4.69, 9.17) is 0 Å². The normalized spacial score (nSPS) is 15.1. The van der Waals surface area contributed by atoms with Crippen molar-refractivity contribution in [1.82, 2.24) is 0 Å². The van der Waals surface area contributed by atoms with E-state index in [0.717, 1.165) is 32.1 Å². The van der Waals surface area contributed by atoms with E-state index < -0.39 is 12.1 Å². The van der Waals surface area contributed by atoms with Crippen LogP contribution in [-0.2, 0) is 0 Å². The van der Waals surface area contributed by atoms with E-state index in [1.165, 1.54) is 0 Å². The fourth-order valence-corrected chi connectivity index (χ4v) is 3.01. The highest BCUT2D eigenvalue weighted by Gasteiger charge is 2.41. The number of halogens is 4. The Labute approximate surface area is 127 Å². The molecule has 0 fully saturated rings. The van der Waals surface area contributed by atoms with Crippen molar-refractivity contribution in [2.75, 3.05) is 0 Å². The number of benzene rings is 1. The van der Waals surface area contributed by atoms with Gasteiger partial charge in [-0.15, -0.1) is 0 Å². The van der Waals surface area contributed by atoms with Crippen molar-refractivity contribution in [2.45, 2.75) is 62.4 Å². The van der Waals surface area contributed by atoms with Crippen molar-refractivity contribution < 1.29 is 13.2 Å². The molecule has 0 aliphatic rings. The van der Waals surface area contributed by atoms with Gasteiger partial charge in [0.1, 0.15) is 0 Å². The second-order valence-electron chi connectivity index (χ2n) is 5.19. The molecule has 20 heavy (non-hydrogen) atoms. The van der Waals surface area contributed by atoms with Crippen molar-refractivity contribution in [2.24, 2.45) is 0 Å². The molecular weight excluding hydrogens is 329 g/mol. The second kappa shape index (κ2) is 8.71. The van der Waals surface area contributed by atoms with Gasteiger partial charge in [-0.3, -0.25) is 0 Å². The summed E-state index contributed by atoms with van der Waals surface area (Å²) < 4.78 is 39.6. The van der Waals surface area contributed by atoms with Crippen LogP contribution in [0.25, 0.3) is 0 Å². The van der Waals surface area contributed by atoms with Crippen LogP contribution in [0.15, 0.2) is 30.3 Å². The first-order valence-corrected chi connectivity index (χ1v) is 8.12. The maximum atomic E-state index is 13.2. The molecule has 0 aromatic heterocycles. The fraction of sp³-hybridized carbons (Fsp3) is 0.625. The zero-order valence-corrected chi connectivity index (χ0v) is 13.4. The summed E-state index contributed by atoms with van der Waals surface area (Å²) in [6.45, 7) is 2.13. The van der Waals surface area contributed by atoms with Crippen LogP contribution in [-0.4, -0.2) is 11.0 Å². The quantitative estimate of drug-likeness (QED) is 0.373. The van der Waals surface area contributed by atoms with Crippen LogP contribution in [0, 0.1) is 0 Å². The molecule has 0 unspecified atom stereocenters. The first kappa shape index (κ1) is 17.5. The molecule has 0 aliphatic heterocycles. The Balaban J connectivity index is 2.58. The molecule has 0 N–H and O–H groups in total. The average molecular weight is 351 g/mol. The number of unbranched alkanes of at least 4 members (excludes halogenated alkanes) is 3. The molecule has 1 aromatic carbocycles. The Kier molecular flexibility index (Phi) is 7.63. The van der Waals surface area contributed by atoms with E-state index in [2.05, 4.69) is 22.9 Å². The molecule has 0 radical (unpaired) electrons. The van der Waals surface area contributed by atoms with Crippen molar-refractivity contribution in [3.63, 3.8) is 0 Å². The predicted octanol–water partition coefficient (Wildman–Crippen LogP) is 6.46. The predicted molar refractivity (Wildman–Crippen MR) is 81.3 cm³/mol. The number of hydrogen-bond donors (Lipinski definition) is 0. The Morgan fingerprint density at radius 1 is 1.05 bits per heavy atom. The summed E-state index contributed by atoms with van der Waals surface area (Å²) >= 11 is 3.42. The van der Waals surface area contributed by atoms with Crippen molar-refractivity contribution in [3.8, 4) is 0 Å². The van der Waals surface area contributed by atoms with Crippen LogP contribution < -0.4 is 0 Å². The van der Waals surface area contributed by atoms with Crippen LogP contribution in [0.2, 0.25) is 0 Å². The lowest BCUT2D eigenvalue weighted by atomic mass is 9.92. The van der Waals surface area contributed by atoms with Gasteiger partial charge in [0, 0.05) is 4.83 Å². The second-order valence-corrected chi connectivity index (χ2v) is 6.48. The van der Waals surface area contributed by atoms with Gasteiger partial charge in [0.15, 0.2) is 0 Å². The van der Waals surface area contributed by atoms with E-state index in [1.807, 2.05) is 0 Å². The third-order valence-electron chi connectivity index (χ3n) is 3.46. The van der Waals surface area contributed by atoms with Gasteiger partial charge in [-0.25, -0.2) is 0 Å². The lowest BCUT2D eigenvalue weighted by Crippen LogP contribution is -2.23. The van der Waals surface area contributed by atoms with Gasteiger partial charge in [0.2, 0.25) is 0 Å². The minimum absolute atomic E-state index is 0.0776. The molecule has 0 saturated carbocycles. The summed E-state index contributed by atoms with van der Waals surface area (Å²) in [4.78, 5) is -0.0776. The van der Waals surface area contributed by atoms with Crippen LogP contribution in [0.5, 0.6) is 0 Å². The van der Waals surface area contributed by atoms with Gasteiger partial charge in [0.25, 0.3) is 0 Å². The van der Waals surface area contributed by atoms with Crippen molar-refractivity contribution in [3.05, 3.63) is 35.9 Å². The van der Waals surface area contributed by atoms with Crippen molar-refractivity contribution >= 4 is 15.9 Å². The van der Waals surface area contributed by atoms with Crippen LogP contribution in [0.3, 0.4) is 0 Å². The molecule has 0 nitrogen and oxygen atoms in total. The highest BCUT2D eigenvalue weighted by molar-refractivity contribution is 9.09. The zero-order valence-electron chi connectivity index (χ0n) is 11.8. The smallest absolute Gasteiger partial charge is 0.170 e. The molecular formula is C16H22BrF3. The summed E-state index contributed by atoms with van der Waals surface area (Å²) in [6, 6.07) is 8.20. The SMILES string of the molecule is CCCCCC[C@@H](Br)C[C@@H](c1ccccc1)C(F)(F)F. The molecule has 0 bridgehead atoms. The number of alkyl halides is 4. The number of hydrogen-bond acceptors (Lipinski definition) is 0. The standard InChI is InChI=1S/C16H22BrF3/c1-2-3-4-8-11-14(17)12-15(16(18,19)20)13-9-6-5-7-10-13/h5-7,9-10,14-15H,2-4,8,11-12H2,1H3/t14-,15+/m1/s1. The monoisotopic (exact) mass is 350 g/mol. The van der Waals surface area contributed by atoms with Gasteiger partial charge >= 0.3 is 6.18 Å². The molecule has 0 spiro atoms. The van der Waals surface area contributed by atoms with Crippen LogP contribution in [0.1, 0.15) is 56.9 Å². The van der Waals surface area contributed by atoms with Gasteiger partial charge in [-0.1, -0.05) is 78.9 Å². The first-order valence-electron chi connectivity index (χ1n) is 7.21. The van der Waals surface area contributed by atoms with E-state index >= 15 is 0 Å². The third-order valence-corrected chi connectivity index (χ3v) is 4.29. The fourth-order valence-electron chi connectivity index (χ4n) is 2.31. The van der Waals surface area contributed by atoms with Crippen molar-refractivity contribution in [1.29, 1.82) is 0 Å². The Morgan fingerprint density at radius 3 is 2.25 bits per heavy atom. The summed E-state index contributed by atoms with van der Waals surface area (Å²) in [5, 5.41) is 0. The largest absolute Gasteiger partial charge is 0.395 e. The van der Waals surface area contributed by atoms with E-state index in [0.29, 0.717) is 5.56 Å². The lowest BCUT2D eigenvalue weighted by Gasteiger charge is -2.23. The molecule has 0 saturated heterocycles. The minimum atomic E-state index is -4.18. The average Bonchev–Trinajstić information content (AvgIpc) is 2.41. The van der Waals surface area contributed by atoms with Gasteiger partial charge in [0.05, 0.1) is 5.92 Å². The minimum Gasteiger partial charge on any atom is -0.170 e. The molecule has 0 amide bonds. The third kappa shape index (κ3) is 6.29.